The van der Waals surface area contributed by atoms with E-state index in [1.165, 1.54) is 12.8 Å². The molecule has 138 valence electrons. The Kier molecular flexibility index (Phi) is 5.62. The SMILES string of the molecule is CCCN(CC)c1ccc(C(=O)N2CC3(CCNCC3)CC2C)cn1. The summed E-state index contributed by atoms with van der Waals surface area (Å²) in [6.45, 7) is 11.5. The molecule has 5 heteroatoms. The number of aromatic nitrogens is 1. The third kappa shape index (κ3) is 3.81. The Bertz CT molecular complexity index is 580. The van der Waals surface area contributed by atoms with E-state index in [1.54, 1.807) is 6.20 Å². The van der Waals surface area contributed by atoms with Gasteiger partial charge >= 0.3 is 0 Å². The Labute approximate surface area is 151 Å². The average Bonchev–Trinajstić information content (AvgIpc) is 2.95. The Balaban J connectivity index is 1.70. The van der Waals surface area contributed by atoms with Gasteiger partial charge in [-0.3, -0.25) is 4.79 Å². The lowest BCUT2D eigenvalue weighted by molar-refractivity contribution is 0.0723. The molecule has 25 heavy (non-hydrogen) atoms. The van der Waals surface area contributed by atoms with E-state index in [2.05, 4.69) is 40.9 Å². The normalized spacial score (nSPS) is 22.4. The van der Waals surface area contributed by atoms with Crippen LogP contribution >= 0.6 is 0 Å². The van der Waals surface area contributed by atoms with Crippen LogP contribution in [0.1, 0.15) is 56.8 Å². The lowest BCUT2D eigenvalue weighted by Gasteiger charge is -2.33. The first-order valence-electron chi connectivity index (χ1n) is 9.81. The second-order valence-electron chi connectivity index (χ2n) is 7.72. The van der Waals surface area contributed by atoms with Gasteiger partial charge in [0.15, 0.2) is 0 Å². The summed E-state index contributed by atoms with van der Waals surface area (Å²) in [7, 11) is 0. The molecule has 0 bridgehead atoms. The molecule has 1 N–H and O–H groups in total. The number of carbonyl (C=O) groups excluding carboxylic acids is 1. The number of anilines is 1. The molecule has 3 rings (SSSR count). The lowest BCUT2D eigenvalue weighted by atomic mass is 9.77. The fourth-order valence-corrected chi connectivity index (χ4v) is 4.48. The topological polar surface area (TPSA) is 48.5 Å². The largest absolute Gasteiger partial charge is 0.357 e. The van der Waals surface area contributed by atoms with E-state index >= 15 is 0 Å². The Hall–Kier alpha value is -1.62. The third-order valence-corrected chi connectivity index (χ3v) is 5.89. The molecular formula is C20H32N4O. The van der Waals surface area contributed by atoms with Crippen LogP contribution < -0.4 is 10.2 Å². The molecule has 1 spiro atoms. The molecule has 3 heterocycles. The van der Waals surface area contributed by atoms with Crippen molar-refractivity contribution in [1.82, 2.24) is 15.2 Å². The summed E-state index contributed by atoms with van der Waals surface area (Å²) in [4.78, 5) is 21.9. The van der Waals surface area contributed by atoms with E-state index < -0.39 is 0 Å². The highest BCUT2D eigenvalue weighted by Crippen LogP contribution is 2.42. The van der Waals surface area contributed by atoms with Crippen LogP contribution in [0.2, 0.25) is 0 Å². The molecule has 1 aromatic rings. The second-order valence-corrected chi connectivity index (χ2v) is 7.72. The van der Waals surface area contributed by atoms with Crippen LogP contribution in [0.5, 0.6) is 0 Å². The minimum Gasteiger partial charge on any atom is -0.357 e. The van der Waals surface area contributed by atoms with Crippen molar-refractivity contribution >= 4 is 11.7 Å². The molecule has 2 aliphatic rings. The highest BCUT2D eigenvalue weighted by molar-refractivity contribution is 5.94. The monoisotopic (exact) mass is 344 g/mol. The van der Waals surface area contributed by atoms with Gasteiger partial charge in [-0.2, -0.15) is 0 Å². The maximum Gasteiger partial charge on any atom is 0.255 e. The number of rotatable bonds is 5. The fourth-order valence-electron chi connectivity index (χ4n) is 4.48. The Morgan fingerprint density at radius 3 is 2.72 bits per heavy atom. The van der Waals surface area contributed by atoms with Crippen molar-refractivity contribution in [3.05, 3.63) is 23.9 Å². The predicted molar refractivity (Wildman–Crippen MR) is 102 cm³/mol. The van der Waals surface area contributed by atoms with Gasteiger partial charge in [0, 0.05) is 31.9 Å². The molecule has 0 saturated carbocycles. The zero-order valence-electron chi connectivity index (χ0n) is 15.9. The molecule has 0 radical (unpaired) electrons. The van der Waals surface area contributed by atoms with Gasteiger partial charge in [-0.25, -0.2) is 4.98 Å². The van der Waals surface area contributed by atoms with Crippen molar-refractivity contribution < 1.29 is 4.79 Å². The van der Waals surface area contributed by atoms with Gasteiger partial charge in [-0.05, 0) is 70.2 Å². The fraction of sp³-hybridized carbons (Fsp3) is 0.700. The zero-order valence-corrected chi connectivity index (χ0v) is 15.9. The van der Waals surface area contributed by atoms with Crippen LogP contribution in [0.3, 0.4) is 0 Å². The van der Waals surface area contributed by atoms with Gasteiger partial charge in [0.1, 0.15) is 5.82 Å². The van der Waals surface area contributed by atoms with Crippen LogP contribution in [0.25, 0.3) is 0 Å². The number of carbonyl (C=O) groups is 1. The summed E-state index contributed by atoms with van der Waals surface area (Å²) >= 11 is 0. The molecule has 0 aromatic carbocycles. The highest BCUT2D eigenvalue weighted by Gasteiger charge is 2.44. The molecule has 2 fully saturated rings. The number of hydrogen-bond acceptors (Lipinski definition) is 4. The summed E-state index contributed by atoms with van der Waals surface area (Å²) in [5.74, 6) is 1.10. The first-order valence-corrected chi connectivity index (χ1v) is 9.81. The van der Waals surface area contributed by atoms with Crippen LogP contribution in [0, 0.1) is 5.41 Å². The van der Waals surface area contributed by atoms with Crippen molar-refractivity contribution in [3.8, 4) is 0 Å². The number of pyridine rings is 1. The molecule has 0 aliphatic carbocycles. The number of likely N-dealkylation sites (tertiary alicyclic amines) is 1. The van der Waals surface area contributed by atoms with Gasteiger partial charge < -0.3 is 15.1 Å². The van der Waals surface area contributed by atoms with Crippen molar-refractivity contribution in [2.24, 2.45) is 5.41 Å². The van der Waals surface area contributed by atoms with Crippen molar-refractivity contribution in [2.75, 3.05) is 37.6 Å². The van der Waals surface area contributed by atoms with Gasteiger partial charge in [0.2, 0.25) is 0 Å². The smallest absolute Gasteiger partial charge is 0.255 e. The standard InChI is InChI=1S/C20H32N4O/c1-4-12-23(5-2)18-7-6-17(14-22-18)19(25)24-15-20(13-16(24)3)8-10-21-11-9-20/h6-7,14,16,21H,4-5,8-13,15H2,1-3H3. The van der Waals surface area contributed by atoms with E-state index in [9.17, 15) is 4.79 Å². The number of nitrogens with one attached hydrogen (secondary N) is 1. The summed E-state index contributed by atoms with van der Waals surface area (Å²) in [5.41, 5.74) is 1.04. The minimum absolute atomic E-state index is 0.139. The summed E-state index contributed by atoms with van der Waals surface area (Å²) in [5, 5.41) is 3.44. The number of hydrogen-bond donors (Lipinski definition) is 1. The zero-order chi connectivity index (χ0) is 17.9. The molecule has 1 aromatic heterocycles. The number of piperidine rings is 1. The Morgan fingerprint density at radius 1 is 1.36 bits per heavy atom. The molecule has 1 atom stereocenters. The van der Waals surface area contributed by atoms with Gasteiger partial charge in [-0.15, -0.1) is 0 Å². The van der Waals surface area contributed by atoms with Gasteiger partial charge in [-0.1, -0.05) is 6.92 Å². The maximum absolute atomic E-state index is 13.0. The number of amides is 1. The quantitative estimate of drug-likeness (QED) is 0.892. The average molecular weight is 345 g/mol. The summed E-state index contributed by atoms with van der Waals surface area (Å²) < 4.78 is 0. The predicted octanol–water partition coefficient (Wildman–Crippen LogP) is 2.92. The Morgan fingerprint density at radius 2 is 2.12 bits per heavy atom. The van der Waals surface area contributed by atoms with E-state index in [-0.39, 0.29) is 5.91 Å². The first-order chi connectivity index (χ1) is 12.1. The highest BCUT2D eigenvalue weighted by atomic mass is 16.2. The second kappa shape index (κ2) is 7.73. The molecule has 1 unspecified atom stereocenters. The van der Waals surface area contributed by atoms with Gasteiger partial charge in [0.05, 0.1) is 5.56 Å². The van der Waals surface area contributed by atoms with E-state index in [0.717, 1.165) is 51.4 Å². The van der Waals surface area contributed by atoms with Gasteiger partial charge in [0.25, 0.3) is 5.91 Å². The summed E-state index contributed by atoms with van der Waals surface area (Å²) in [6.07, 6.45) is 6.35. The molecule has 2 aliphatic heterocycles. The van der Waals surface area contributed by atoms with Crippen LogP contribution in [0.15, 0.2) is 18.3 Å². The molecular weight excluding hydrogens is 312 g/mol. The maximum atomic E-state index is 13.0. The third-order valence-electron chi connectivity index (χ3n) is 5.89. The molecule has 2 saturated heterocycles. The van der Waals surface area contributed by atoms with E-state index in [4.69, 9.17) is 0 Å². The minimum atomic E-state index is 0.139. The first kappa shape index (κ1) is 18.2. The molecule has 5 nitrogen and oxygen atoms in total. The van der Waals surface area contributed by atoms with Crippen molar-refractivity contribution in [3.63, 3.8) is 0 Å². The lowest BCUT2D eigenvalue weighted by Crippen LogP contribution is -2.40. The summed E-state index contributed by atoms with van der Waals surface area (Å²) in [6, 6.07) is 4.26. The van der Waals surface area contributed by atoms with Crippen LogP contribution in [-0.4, -0.2) is 54.6 Å². The van der Waals surface area contributed by atoms with E-state index in [0.29, 0.717) is 17.0 Å². The van der Waals surface area contributed by atoms with Crippen LogP contribution in [0.4, 0.5) is 5.82 Å². The van der Waals surface area contributed by atoms with Crippen molar-refractivity contribution in [1.29, 1.82) is 0 Å². The number of nitrogens with zero attached hydrogens (tertiary/aromatic N) is 3. The molecule has 1 amide bonds. The van der Waals surface area contributed by atoms with E-state index in [1.807, 2.05) is 12.1 Å². The van der Waals surface area contributed by atoms with Crippen molar-refractivity contribution in [2.45, 2.75) is 52.5 Å². The van der Waals surface area contributed by atoms with Crippen LogP contribution in [-0.2, 0) is 0 Å².